The first-order valence-corrected chi connectivity index (χ1v) is 10.7. The Hall–Kier alpha value is -2.97. The Balaban J connectivity index is 1.60. The summed E-state index contributed by atoms with van der Waals surface area (Å²) in [5, 5.41) is 9.40. The van der Waals surface area contributed by atoms with E-state index in [0.717, 1.165) is 11.1 Å². The van der Waals surface area contributed by atoms with E-state index in [2.05, 4.69) is 27.4 Å². The Morgan fingerprint density at radius 2 is 1.87 bits per heavy atom. The van der Waals surface area contributed by atoms with Crippen LogP contribution in [0.4, 0.5) is 11.5 Å². The zero-order valence-electron chi connectivity index (χ0n) is 17.7. The van der Waals surface area contributed by atoms with E-state index >= 15 is 0 Å². The summed E-state index contributed by atoms with van der Waals surface area (Å²) in [6, 6.07) is 8.71. The SMILES string of the molecule is C=C(C)c1sc(Cl)nc1C(=O)Nc1ccc(CC(=O)Nc2cc(C(C)(C)C)on2)cc1. The molecule has 31 heavy (non-hydrogen) atoms. The summed E-state index contributed by atoms with van der Waals surface area (Å²) in [4.78, 5) is 29.6. The first-order valence-electron chi connectivity index (χ1n) is 9.52. The lowest BCUT2D eigenvalue weighted by Crippen LogP contribution is -2.15. The average molecular weight is 459 g/mol. The molecule has 0 aliphatic carbocycles. The second-order valence-corrected chi connectivity index (χ2v) is 9.71. The van der Waals surface area contributed by atoms with Crippen LogP contribution >= 0.6 is 22.9 Å². The second-order valence-electron chi connectivity index (χ2n) is 8.13. The van der Waals surface area contributed by atoms with Crippen LogP contribution in [0.5, 0.6) is 0 Å². The summed E-state index contributed by atoms with van der Waals surface area (Å²) >= 11 is 7.16. The number of nitrogens with one attached hydrogen (secondary N) is 2. The molecular formula is C22H23ClN4O3S. The highest BCUT2D eigenvalue weighted by atomic mass is 35.5. The fourth-order valence-corrected chi connectivity index (χ4v) is 3.72. The van der Waals surface area contributed by atoms with Crippen molar-refractivity contribution in [3.8, 4) is 0 Å². The van der Waals surface area contributed by atoms with Crippen LogP contribution in [0, 0.1) is 0 Å². The fourth-order valence-electron chi connectivity index (χ4n) is 2.69. The highest BCUT2D eigenvalue weighted by Gasteiger charge is 2.21. The van der Waals surface area contributed by atoms with Crippen molar-refractivity contribution < 1.29 is 14.1 Å². The van der Waals surface area contributed by atoms with Gasteiger partial charge in [0.25, 0.3) is 5.91 Å². The van der Waals surface area contributed by atoms with Crippen LogP contribution in [-0.4, -0.2) is 22.0 Å². The van der Waals surface area contributed by atoms with Crippen molar-refractivity contribution in [3.63, 3.8) is 0 Å². The number of hydrogen-bond acceptors (Lipinski definition) is 6. The molecule has 0 unspecified atom stereocenters. The topological polar surface area (TPSA) is 97.1 Å². The molecule has 0 aliphatic heterocycles. The van der Waals surface area contributed by atoms with Crippen LogP contribution in [0.25, 0.3) is 5.57 Å². The molecule has 0 radical (unpaired) electrons. The number of amides is 2. The van der Waals surface area contributed by atoms with Gasteiger partial charge in [-0.15, -0.1) is 11.3 Å². The highest BCUT2D eigenvalue weighted by Crippen LogP contribution is 2.29. The van der Waals surface area contributed by atoms with Crippen LogP contribution < -0.4 is 10.6 Å². The van der Waals surface area contributed by atoms with Gasteiger partial charge in [-0.25, -0.2) is 4.98 Å². The summed E-state index contributed by atoms with van der Waals surface area (Å²) in [7, 11) is 0. The minimum Gasteiger partial charge on any atom is -0.359 e. The van der Waals surface area contributed by atoms with E-state index in [1.165, 1.54) is 11.3 Å². The number of rotatable bonds is 6. The lowest BCUT2D eigenvalue weighted by molar-refractivity contribution is -0.115. The van der Waals surface area contributed by atoms with Crippen LogP contribution in [-0.2, 0) is 16.6 Å². The van der Waals surface area contributed by atoms with Crippen LogP contribution in [0.3, 0.4) is 0 Å². The third kappa shape index (κ3) is 5.80. The van der Waals surface area contributed by atoms with Gasteiger partial charge >= 0.3 is 0 Å². The summed E-state index contributed by atoms with van der Waals surface area (Å²) in [5.74, 6) is 0.495. The molecule has 0 spiro atoms. The molecule has 2 amide bonds. The average Bonchev–Trinajstić information content (AvgIpc) is 3.30. The standard InChI is InChI=1S/C22H23ClN4O3S/c1-12(2)19-18(26-21(23)31-19)20(29)24-14-8-6-13(7-9-14)10-17(28)25-16-11-15(30-27-16)22(3,4)5/h6-9,11H,1,10H2,2-5H3,(H,24,29)(H,25,27,28). The van der Waals surface area contributed by atoms with Gasteiger partial charge in [0.1, 0.15) is 11.5 Å². The molecule has 3 aromatic rings. The summed E-state index contributed by atoms with van der Waals surface area (Å²) < 4.78 is 5.55. The number of allylic oxidation sites excluding steroid dienone is 1. The Morgan fingerprint density at radius 3 is 2.45 bits per heavy atom. The molecule has 0 fully saturated rings. The molecule has 9 heteroatoms. The van der Waals surface area contributed by atoms with Gasteiger partial charge in [0.2, 0.25) is 5.91 Å². The summed E-state index contributed by atoms with van der Waals surface area (Å²) in [6.45, 7) is 11.7. The highest BCUT2D eigenvalue weighted by molar-refractivity contribution is 7.17. The Kier molecular flexibility index (Phi) is 6.62. The lowest BCUT2D eigenvalue weighted by Gasteiger charge is -2.12. The van der Waals surface area contributed by atoms with Crippen LogP contribution in [0.1, 0.15) is 54.4 Å². The normalized spacial score (nSPS) is 11.3. The first kappa shape index (κ1) is 22.7. The minimum absolute atomic E-state index is 0.160. The summed E-state index contributed by atoms with van der Waals surface area (Å²) in [6.07, 6.45) is 0.160. The smallest absolute Gasteiger partial charge is 0.275 e. The van der Waals surface area contributed by atoms with E-state index in [0.29, 0.717) is 22.1 Å². The van der Waals surface area contributed by atoms with Crippen LogP contribution in [0.15, 0.2) is 41.4 Å². The molecule has 162 valence electrons. The van der Waals surface area contributed by atoms with Gasteiger partial charge < -0.3 is 15.2 Å². The maximum Gasteiger partial charge on any atom is 0.275 e. The first-order chi connectivity index (χ1) is 14.5. The van der Waals surface area contributed by atoms with Crippen molar-refractivity contribution in [2.75, 3.05) is 10.6 Å². The van der Waals surface area contributed by atoms with Crippen molar-refractivity contribution in [1.82, 2.24) is 10.1 Å². The Morgan fingerprint density at radius 1 is 1.19 bits per heavy atom. The monoisotopic (exact) mass is 458 g/mol. The van der Waals surface area contributed by atoms with Gasteiger partial charge in [0.15, 0.2) is 10.3 Å². The maximum absolute atomic E-state index is 12.5. The van der Waals surface area contributed by atoms with Crippen molar-refractivity contribution in [2.45, 2.75) is 39.5 Å². The molecule has 0 saturated heterocycles. The number of carbonyl (C=O) groups excluding carboxylic acids is 2. The minimum atomic E-state index is -0.368. The van der Waals surface area contributed by atoms with Gasteiger partial charge in [-0.3, -0.25) is 9.59 Å². The maximum atomic E-state index is 12.5. The molecule has 0 bridgehead atoms. The predicted octanol–water partition coefficient (Wildman–Crippen LogP) is 5.55. The van der Waals surface area contributed by atoms with Crippen molar-refractivity contribution in [2.24, 2.45) is 0 Å². The molecule has 7 nitrogen and oxygen atoms in total. The number of halogens is 1. The lowest BCUT2D eigenvalue weighted by atomic mass is 9.93. The van der Waals surface area contributed by atoms with E-state index < -0.39 is 0 Å². The molecule has 2 N–H and O–H groups in total. The molecule has 3 rings (SSSR count). The Labute approximate surface area is 189 Å². The zero-order valence-corrected chi connectivity index (χ0v) is 19.3. The van der Waals surface area contributed by atoms with E-state index in [4.69, 9.17) is 16.1 Å². The van der Waals surface area contributed by atoms with Gasteiger partial charge in [-0.1, -0.05) is 56.2 Å². The number of hydrogen-bond donors (Lipinski definition) is 2. The molecule has 2 heterocycles. The zero-order chi connectivity index (χ0) is 22.8. The van der Waals surface area contributed by atoms with Crippen molar-refractivity contribution in [1.29, 1.82) is 0 Å². The second kappa shape index (κ2) is 9.03. The Bertz CT molecular complexity index is 1130. The fraction of sp³-hybridized carbons (Fsp3) is 0.273. The number of anilines is 2. The van der Waals surface area contributed by atoms with E-state index in [1.807, 2.05) is 20.8 Å². The van der Waals surface area contributed by atoms with E-state index in [-0.39, 0.29) is 33.8 Å². The van der Waals surface area contributed by atoms with Gasteiger partial charge in [0, 0.05) is 17.2 Å². The molecule has 0 atom stereocenters. The van der Waals surface area contributed by atoms with Gasteiger partial charge in [-0.2, -0.15) is 0 Å². The number of aromatic nitrogens is 2. The van der Waals surface area contributed by atoms with Crippen molar-refractivity contribution >= 4 is 51.8 Å². The molecular weight excluding hydrogens is 436 g/mol. The third-order valence-corrected chi connectivity index (χ3v) is 5.62. The van der Waals surface area contributed by atoms with Crippen LogP contribution in [0.2, 0.25) is 4.47 Å². The number of carbonyl (C=O) groups is 2. The predicted molar refractivity (Wildman–Crippen MR) is 124 cm³/mol. The van der Waals surface area contributed by atoms with Crippen molar-refractivity contribution in [3.05, 3.63) is 63.3 Å². The quantitative estimate of drug-likeness (QED) is 0.504. The molecule has 1 aromatic carbocycles. The third-order valence-electron chi connectivity index (χ3n) is 4.30. The van der Waals surface area contributed by atoms with Gasteiger partial charge in [0.05, 0.1) is 11.3 Å². The number of nitrogens with zero attached hydrogens (tertiary/aromatic N) is 2. The molecule has 0 aliphatic rings. The molecule has 2 aromatic heterocycles. The molecule has 0 saturated carbocycles. The van der Waals surface area contributed by atoms with Gasteiger partial charge in [-0.05, 0) is 30.2 Å². The summed E-state index contributed by atoms with van der Waals surface area (Å²) in [5.41, 5.74) is 2.14. The number of thiazole rings is 1. The van der Waals surface area contributed by atoms with E-state index in [9.17, 15) is 9.59 Å². The largest absolute Gasteiger partial charge is 0.359 e. The number of benzene rings is 1. The van der Waals surface area contributed by atoms with E-state index in [1.54, 1.807) is 37.3 Å².